The average molecular weight is 357 g/mol. The van der Waals surface area contributed by atoms with Crippen LogP contribution < -0.4 is 0 Å². The van der Waals surface area contributed by atoms with Crippen LogP contribution in [0.3, 0.4) is 0 Å². The van der Waals surface area contributed by atoms with Crippen molar-refractivity contribution in [3.63, 3.8) is 0 Å². The second kappa shape index (κ2) is 54.2. The van der Waals surface area contributed by atoms with E-state index in [0.717, 1.165) is 0 Å². The molecule has 0 aliphatic carbocycles. The third-order valence-corrected chi connectivity index (χ3v) is 0.671. The van der Waals surface area contributed by atoms with Gasteiger partial charge in [0.05, 0.1) is 0 Å². The van der Waals surface area contributed by atoms with E-state index in [0.29, 0.717) is 0 Å². The van der Waals surface area contributed by atoms with Crippen molar-refractivity contribution in [2.45, 2.75) is 0 Å². The predicted octanol–water partition coefficient (Wildman–Crippen LogP) is 2.49. The van der Waals surface area contributed by atoms with Crippen LogP contribution in [0.1, 0.15) is 0 Å². The van der Waals surface area contributed by atoms with E-state index < -0.39 is 0 Å². The summed E-state index contributed by atoms with van der Waals surface area (Å²) in [6.07, 6.45) is 4.08. The van der Waals surface area contributed by atoms with Crippen LogP contribution in [0.15, 0.2) is 24.3 Å². The van der Waals surface area contributed by atoms with Crippen LogP contribution in [0.2, 0.25) is 0 Å². The Bertz CT molecular complexity index is 254. The largest absolute Gasteiger partial charge is 1.00 e. The maximum Gasteiger partial charge on any atom is 1.00 e. The first-order valence-electron chi connectivity index (χ1n) is 3.45. The zero-order chi connectivity index (χ0) is 13.8. The molecule has 0 bridgehead atoms. The Kier molecular flexibility index (Phi) is 109. The van der Waals surface area contributed by atoms with Crippen LogP contribution in [-0.2, 0) is 48.4 Å². The number of halogens is 1. The summed E-state index contributed by atoms with van der Waals surface area (Å²) in [6.45, 7) is 13.5. The minimum atomic E-state index is -0.303. The number of benzene rings is 1. The summed E-state index contributed by atoms with van der Waals surface area (Å²) in [5.41, 5.74) is 0. The summed E-state index contributed by atoms with van der Waals surface area (Å²) in [4.78, 5) is 0. The van der Waals surface area contributed by atoms with Gasteiger partial charge in [-0.25, -0.2) is 4.39 Å². The Balaban J connectivity index is -0.0000000287. The monoisotopic (exact) mass is 356 g/mol. The summed E-state index contributed by atoms with van der Waals surface area (Å²) in [5, 5.41) is 0. The Labute approximate surface area is 133 Å². The first-order chi connectivity index (χ1) is 7.81. The molecule has 0 aliphatic heterocycles. The summed E-state index contributed by atoms with van der Waals surface area (Å²) in [6, 6.07) is 8.62. The molecule has 0 saturated carbocycles. The fourth-order valence-corrected chi connectivity index (χ4v) is 0.371. The summed E-state index contributed by atoms with van der Waals surface area (Å²) < 4.78 is 34.4. The van der Waals surface area contributed by atoms with E-state index in [1.165, 1.54) is 12.1 Å². The molecule has 0 spiro atoms. The maximum atomic E-state index is 11.9. The van der Waals surface area contributed by atoms with E-state index in [4.69, 9.17) is 14.0 Å². The van der Waals surface area contributed by atoms with Crippen molar-refractivity contribution < 1.29 is 52.8 Å². The van der Waals surface area contributed by atoms with Gasteiger partial charge >= 0.3 is 51.0 Å². The molecule has 0 fully saturated rings. The minimum absolute atomic E-state index is 0. The molecule has 1 aromatic rings. The van der Waals surface area contributed by atoms with Crippen LogP contribution in [0.25, 0.3) is 0 Å². The van der Waals surface area contributed by atoms with E-state index in [2.05, 4.69) is 26.0 Å². The maximum absolute atomic E-state index is 11.9. The fraction of sp³-hybridized carbons (Fsp3) is 0.182. The predicted molar refractivity (Wildman–Crippen MR) is 56.5 cm³/mol. The molecule has 18 heavy (non-hydrogen) atoms. The topological polar surface area (TPSA) is 59.7 Å². The van der Waals surface area contributed by atoms with Gasteiger partial charge in [0.25, 0.3) is 0 Å². The second-order valence-corrected chi connectivity index (χ2v) is 2.44. The van der Waals surface area contributed by atoms with E-state index in [1.54, 1.807) is 23.9 Å². The van der Waals surface area contributed by atoms with Crippen molar-refractivity contribution in [3.8, 4) is 0 Å². The van der Waals surface area contributed by atoms with Gasteiger partial charge in [0.15, 0.2) is 0 Å². The smallest absolute Gasteiger partial charge is 0 e. The molecular weight excluding hydrogens is 347 g/mol. The van der Waals surface area contributed by atoms with E-state index in [9.17, 15) is 4.39 Å². The number of rotatable bonds is 0. The van der Waals surface area contributed by atoms with Crippen LogP contribution in [0, 0.1) is 31.8 Å². The molecule has 0 N–H and O–H groups in total. The van der Waals surface area contributed by atoms with Gasteiger partial charge in [-0.15, -0.1) is 12.1 Å². The van der Waals surface area contributed by atoms with Crippen molar-refractivity contribution >= 4 is 11.8 Å². The Hall–Kier alpha value is -0.228. The fourth-order valence-electron chi connectivity index (χ4n) is 0.371. The molecule has 102 valence electrons. The minimum Gasteiger partial charge on any atom is 0 e. The first kappa shape index (κ1) is 36.1. The summed E-state index contributed by atoms with van der Waals surface area (Å²) >= 11 is 1.75. The van der Waals surface area contributed by atoms with Crippen molar-refractivity contribution in [1.29, 1.82) is 0 Å². The van der Waals surface area contributed by atoms with Gasteiger partial charge in [0, 0.05) is 23.2 Å². The van der Waals surface area contributed by atoms with Gasteiger partial charge in [-0.1, -0.05) is 0 Å². The van der Waals surface area contributed by atoms with Gasteiger partial charge in [-0.05, 0) is 12.5 Å². The Morgan fingerprint density at radius 1 is 1.06 bits per heavy atom. The molecule has 3 nitrogen and oxygen atoms in total. The molecule has 0 heterocycles. The van der Waals surface area contributed by atoms with Crippen molar-refractivity contribution in [1.82, 2.24) is 0 Å². The molecule has 0 aliphatic rings. The SMILES string of the molecule is CSC.Fc1[c-]cccc1.[C-]#[O+].[C-]#[O+].[C-]#[O+].[Cr].[Cu+]. The zero-order valence-corrected chi connectivity index (χ0v) is 12.6. The molecule has 0 atom stereocenters. The van der Waals surface area contributed by atoms with Crippen LogP contribution in [0.5, 0.6) is 0 Å². The molecule has 0 unspecified atom stereocenters. The van der Waals surface area contributed by atoms with Gasteiger partial charge in [-0.2, -0.15) is 30.0 Å². The van der Waals surface area contributed by atoms with E-state index >= 15 is 0 Å². The Morgan fingerprint density at radius 2 is 1.39 bits per heavy atom. The van der Waals surface area contributed by atoms with Crippen LogP contribution >= 0.6 is 11.8 Å². The molecular formula is C11H10CrCuFO3S. The zero-order valence-electron chi connectivity index (χ0n) is 9.53. The summed E-state index contributed by atoms with van der Waals surface area (Å²) in [7, 11) is 0. The normalized spacial score (nSPS) is 4.72. The van der Waals surface area contributed by atoms with E-state index in [-0.39, 0.29) is 40.2 Å². The molecule has 1 rings (SSSR count). The van der Waals surface area contributed by atoms with Gasteiger partial charge < -0.3 is 0 Å². The molecule has 0 aromatic heterocycles. The molecule has 7 heteroatoms. The van der Waals surface area contributed by atoms with Crippen LogP contribution in [0.4, 0.5) is 4.39 Å². The second-order valence-electron chi connectivity index (χ2n) is 1.62. The Morgan fingerprint density at radius 3 is 1.50 bits per heavy atom. The van der Waals surface area contributed by atoms with Crippen molar-refractivity contribution in [2.75, 3.05) is 12.5 Å². The van der Waals surface area contributed by atoms with Crippen molar-refractivity contribution in [2.24, 2.45) is 0 Å². The molecule has 1 aromatic carbocycles. The average Bonchev–Trinajstić information content (AvgIpc) is 2.38. The molecule has 0 amide bonds. The number of thioether (sulfide) groups is 1. The molecule has 0 saturated heterocycles. The third-order valence-electron chi connectivity index (χ3n) is 0.671. The van der Waals surface area contributed by atoms with Crippen LogP contribution in [-0.4, -0.2) is 12.5 Å². The number of hydrogen-bond donors (Lipinski definition) is 0. The van der Waals surface area contributed by atoms with E-state index in [1.807, 2.05) is 12.5 Å². The number of hydrogen-bond acceptors (Lipinski definition) is 1. The van der Waals surface area contributed by atoms with Gasteiger partial charge in [0.2, 0.25) is 0 Å². The quantitative estimate of drug-likeness (QED) is 0.400. The van der Waals surface area contributed by atoms with Gasteiger partial charge in [0.1, 0.15) is 0 Å². The third kappa shape index (κ3) is 57.0. The molecule has 0 radical (unpaired) electrons. The first-order valence-corrected chi connectivity index (χ1v) is 5.08. The summed E-state index contributed by atoms with van der Waals surface area (Å²) in [5.74, 6) is -0.303. The van der Waals surface area contributed by atoms with Crippen molar-refractivity contribution in [3.05, 3.63) is 56.1 Å². The van der Waals surface area contributed by atoms with Gasteiger partial charge in [-0.3, -0.25) is 0 Å². The standard InChI is InChI=1S/C6H4F.C2H6S.3CO.Cr.Cu/c7-6-4-2-1-3-5-6;1-3-2;3*1-2;;/h1-4H;1-2H3;;;;;/q-1;;;;;;+1.